The van der Waals surface area contributed by atoms with Crippen LogP contribution in [0.3, 0.4) is 0 Å². The first-order chi connectivity index (χ1) is 10.1. The third-order valence-corrected chi connectivity index (χ3v) is 5.35. The summed E-state index contributed by atoms with van der Waals surface area (Å²) in [7, 11) is 0. The van der Waals surface area contributed by atoms with Crippen LogP contribution in [0, 0.1) is 16.7 Å². The lowest BCUT2D eigenvalue weighted by atomic mass is 9.74. The van der Waals surface area contributed by atoms with E-state index in [4.69, 9.17) is 0 Å². The summed E-state index contributed by atoms with van der Waals surface area (Å²) in [5.41, 5.74) is -0.876. The molecule has 0 aromatic carbocycles. The van der Waals surface area contributed by atoms with Crippen molar-refractivity contribution in [2.45, 2.75) is 64.7 Å². The normalized spacial score (nSPS) is 17.4. The Kier molecular flexibility index (Phi) is 5.29. The van der Waals surface area contributed by atoms with Crippen molar-refractivity contribution in [1.29, 1.82) is 5.26 Å². The number of aromatic nitrogens is 2. The fraction of sp³-hybridized carbons (Fsp3) is 0.733. The number of carbonyl (C=O) groups excluding carboxylic acids is 1. The molecule has 1 saturated carbocycles. The van der Waals surface area contributed by atoms with E-state index in [1.165, 1.54) is 11.3 Å². The van der Waals surface area contributed by atoms with Gasteiger partial charge in [0.15, 0.2) is 0 Å². The van der Waals surface area contributed by atoms with Gasteiger partial charge in [-0.15, -0.1) is 10.2 Å². The molecule has 1 aliphatic carbocycles. The van der Waals surface area contributed by atoms with Gasteiger partial charge in [-0.2, -0.15) is 5.26 Å². The molecule has 0 spiro atoms. The van der Waals surface area contributed by atoms with Crippen LogP contribution in [-0.2, 0) is 4.79 Å². The monoisotopic (exact) mass is 306 g/mol. The SMILES string of the molecule is CCC(CC)c1nnc(NC(=O)C2(C#N)CCCCC2)s1. The van der Waals surface area contributed by atoms with E-state index < -0.39 is 5.41 Å². The van der Waals surface area contributed by atoms with Crippen LogP contribution < -0.4 is 5.32 Å². The van der Waals surface area contributed by atoms with Crippen LogP contribution in [0.15, 0.2) is 0 Å². The van der Waals surface area contributed by atoms with E-state index in [1.807, 2.05) is 0 Å². The van der Waals surface area contributed by atoms with Gasteiger partial charge in [-0.3, -0.25) is 10.1 Å². The molecule has 2 rings (SSSR count). The van der Waals surface area contributed by atoms with Gasteiger partial charge in [0.25, 0.3) is 0 Å². The molecule has 0 atom stereocenters. The van der Waals surface area contributed by atoms with Gasteiger partial charge in [-0.25, -0.2) is 0 Å². The van der Waals surface area contributed by atoms with E-state index in [-0.39, 0.29) is 5.91 Å². The zero-order valence-corrected chi connectivity index (χ0v) is 13.5. The van der Waals surface area contributed by atoms with Crippen LogP contribution >= 0.6 is 11.3 Å². The maximum absolute atomic E-state index is 12.4. The lowest BCUT2D eigenvalue weighted by Crippen LogP contribution is -2.36. The predicted molar refractivity (Wildman–Crippen MR) is 83.0 cm³/mol. The molecule has 0 saturated heterocycles. The molecule has 0 radical (unpaired) electrons. The number of nitrogens with one attached hydrogen (secondary N) is 1. The summed E-state index contributed by atoms with van der Waals surface area (Å²) in [6, 6.07) is 2.23. The first kappa shape index (κ1) is 15.9. The molecule has 1 amide bonds. The summed E-state index contributed by atoms with van der Waals surface area (Å²) < 4.78 is 0. The highest BCUT2D eigenvalue weighted by atomic mass is 32.1. The summed E-state index contributed by atoms with van der Waals surface area (Å²) >= 11 is 1.43. The Morgan fingerprint density at radius 3 is 2.57 bits per heavy atom. The zero-order valence-electron chi connectivity index (χ0n) is 12.7. The van der Waals surface area contributed by atoms with Gasteiger partial charge >= 0.3 is 0 Å². The first-order valence-corrected chi connectivity index (χ1v) is 8.53. The Morgan fingerprint density at radius 1 is 1.33 bits per heavy atom. The molecule has 114 valence electrons. The molecule has 0 aliphatic heterocycles. The van der Waals surface area contributed by atoms with Crippen LogP contribution in [-0.4, -0.2) is 16.1 Å². The van der Waals surface area contributed by atoms with Crippen molar-refractivity contribution in [2.75, 3.05) is 5.32 Å². The maximum Gasteiger partial charge on any atom is 0.246 e. The average Bonchev–Trinajstić information content (AvgIpc) is 2.97. The van der Waals surface area contributed by atoms with Crippen molar-refractivity contribution in [3.63, 3.8) is 0 Å². The molecule has 1 aliphatic rings. The summed E-state index contributed by atoms with van der Waals surface area (Å²) in [5, 5.41) is 21.9. The Balaban J connectivity index is 2.07. The maximum atomic E-state index is 12.4. The number of nitrogens with zero attached hydrogens (tertiary/aromatic N) is 3. The molecule has 1 N–H and O–H groups in total. The number of rotatable bonds is 5. The van der Waals surface area contributed by atoms with Crippen molar-refractivity contribution in [1.82, 2.24) is 10.2 Å². The van der Waals surface area contributed by atoms with Crippen molar-refractivity contribution in [3.05, 3.63) is 5.01 Å². The molecular formula is C15H22N4OS. The Morgan fingerprint density at radius 2 is 2.00 bits per heavy atom. The van der Waals surface area contributed by atoms with Gasteiger partial charge < -0.3 is 0 Å². The predicted octanol–water partition coefficient (Wildman–Crippen LogP) is 3.85. The van der Waals surface area contributed by atoms with Gasteiger partial charge in [0.05, 0.1) is 6.07 Å². The molecule has 6 heteroatoms. The number of hydrogen-bond acceptors (Lipinski definition) is 5. The van der Waals surface area contributed by atoms with Crippen LogP contribution in [0.25, 0.3) is 0 Å². The van der Waals surface area contributed by atoms with E-state index in [2.05, 4.69) is 35.4 Å². The highest BCUT2D eigenvalue weighted by Crippen LogP contribution is 2.37. The van der Waals surface area contributed by atoms with Crippen molar-refractivity contribution < 1.29 is 4.79 Å². The lowest BCUT2D eigenvalue weighted by molar-refractivity contribution is -0.124. The second-order valence-corrected chi connectivity index (χ2v) is 6.68. The van der Waals surface area contributed by atoms with Crippen molar-refractivity contribution in [2.24, 2.45) is 5.41 Å². The summed E-state index contributed by atoms with van der Waals surface area (Å²) in [6.45, 7) is 4.25. The molecule has 1 fully saturated rings. The summed E-state index contributed by atoms with van der Waals surface area (Å²) in [6.07, 6.45) is 6.31. The number of carbonyl (C=O) groups is 1. The van der Waals surface area contributed by atoms with Gasteiger partial charge in [0.2, 0.25) is 11.0 Å². The Labute approximate surface area is 129 Å². The van der Waals surface area contributed by atoms with Gasteiger partial charge in [0.1, 0.15) is 10.4 Å². The topological polar surface area (TPSA) is 78.7 Å². The summed E-state index contributed by atoms with van der Waals surface area (Å²) in [5.74, 6) is 0.185. The van der Waals surface area contributed by atoms with Gasteiger partial charge in [-0.1, -0.05) is 44.4 Å². The third kappa shape index (κ3) is 3.41. The fourth-order valence-corrected chi connectivity index (χ4v) is 3.85. The van der Waals surface area contributed by atoms with E-state index in [0.29, 0.717) is 23.9 Å². The second kappa shape index (κ2) is 6.99. The highest BCUT2D eigenvalue weighted by molar-refractivity contribution is 7.15. The van der Waals surface area contributed by atoms with E-state index in [9.17, 15) is 10.1 Å². The third-order valence-electron chi connectivity index (χ3n) is 4.35. The minimum Gasteiger partial charge on any atom is -0.299 e. The molecule has 5 nitrogen and oxygen atoms in total. The number of nitriles is 1. The van der Waals surface area contributed by atoms with E-state index in [0.717, 1.165) is 37.1 Å². The quantitative estimate of drug-likeness (QED) is 0.896. The minimum atomic E-state index is -0.876. The molecule has 21 heavy (non-hydrogen) atoms. The minimum absolute atomic E-state index is 0.211. The van der Waals surface area contributed by atoms with E-state index in [1.54, 1.807) is 0 Å². The Hall–Kier alpha value is -1.48. The number of amides is 1. The van der Waals surface area contributed by atoms with Crippen LogP contribution in [0.2, 0.25) is 0 Å². The Bertz CT molecular complexity index is 524. The van der Waals surface area contributed by atoms with Crippen LogP contribution in [0.4, 0.5) is 5.13 Å². The second-order valence-electron chi connectivity index (χ2n) is 5.67. The fourth-order valence-electron chi connectivity index (χ4n) is 2.85. The molecule has 1 heterocycles. The van der Waals surface area contributed by atoms with Crippen LogP contribution in [0.5, 0.6) is 0 Å². The van der Waals surface area contributed by atoms with Crippen LogP contribution in [0.1, 0.15) is 69.7 Å². The molecular weight excluding hydrogens is 284 g/mol. The zero-order chi connectivity index (χ0) is 15.3. The smallest absolute Gasteiger partial charge is 0.246 e. The molecule has 1 aromatic rings. The standard InChI is InChI=1S/C15H22N4OS/c1-3-11(4-2)12-18-19-14(21-12)17-13(20)15(10-16)8-6-5-7-9-15/h11H,3-9H2,1-2H3,(H,17,19,20). The number of hydrogen-bond donors (Lipinski definition) is 1. The largest absolute Gasteiger partial charge is 0.299 e. The summed E-state index contributed by atoms with van der Waals surface area (Å²) in [4.78, 5) is 12.4. The average molecular weight is 306 g/mol. The van der Waals surface area contributed by atoms with Crippen molar-refractivity contribution >= 4 is 22.4 Å². The molecule has 0 unspecified atom stereocenters. The molecule has 1 aromatic heterocycles. The lowest BCUT2D eigenvalue weighted by Gasteiger charge is -2.28. The van der Waals surface area contributed by atoms with Gasteiger partial charge in [-0.05, 0) is 25.7 Å². The number of anilines is 1. The van der Waals surface area contributed by atoms with E-state index >= 15 is 0 Å². The van der Waals surface area contributed by atoms with Gasteiger partial charge in [0, 0.05) is 5.92 Å². The van der Waals surface area contributed by atoms with Crippen molar-refractivity contribution in [3.8, 4) is 6.07 Å². The first-order valence-electron chi connectivity index (χ1n) is 7.71. The molecule has 0 bridgehead atoms. The highest BCUT2D eigenvalue weighted by Gasteiger charge is 2.40.